The highest BCUT2D eigenvalue weighted by atomic mass is 16.8. The van der Waals surface area contributed by atoms with Crippen molar-refractivity contribution in [2.24, 2.45) is 50.2 Å². The third-order valence-corrected chi connectivity index (χ3v) is 32.8. The third kappa shape index (κ3) is 19.2. The lowest BCUT2D eigenvalue weighted by Gasteiger charge is -2.71. The zero-order valence-electron chi connectivity index (χ0n) is 76.4. The third-order valence-electron chi connectivity index (χ3n) is 32.8. The van der Waals surface area contributed by atoms with Crippen LogP contribution in [0.1, 0.15) is 127 Å². The Morgan fingerprint density at radius 3 is 1.36 bits per heavy atom. The number of carboxylic acid groups (broad SMARTS) is 1. The number of rotatable bonds is 25. The average molecular weight is 1970 g/mol. The van der Waals surface area contributed by atoms with Gasteiger partial charge in [-0.05, 0) is 124 Å². The van der Waals surface area contributed by atoms with Gasteiger partial charge in [-0.15, -0.1) is 0 Å². The van der Waals surface area contributed by atoms with Crippen molar-refractivity contribution in [3.63, 3.8) is 0 Å². The number of carbonyl (C=O) groups excluding carboxylic acids is 2. The lowest BCUT2D eigenvalue weighted by Crippen LogP contribution is -2.69. The van der Waals surface area contributed by atoms with Gasteiger partial charge in [-0.3, -0.25) is 4.79 Å². The van der Waals surface area contributed by atoms with E-state index in [1.165, 1.54) is 20.8 Å². The van der Waals surface area contributed by atoms with Gasteiger partial charge in [0.05, 0.1) is 74.9 Å². The summed E-state index contributed by atoms with van der Waals surface area (Å²) in [7, 11) is 0. The molecule has 0 aromatic rings. The highest BCUT2D eigenvalue weighted by molar-refractivity contribution is 5.79. The van der Waals surface area contributed by atoms with Gasteiger partial charge >= 0.3 is 11.9 Å². The Balaban J connectivity index is 0.700. The predicted octanol–water partition coefficient (Wildman–Crippen LogP) is -10.8. The van der Waals surface area contributed by atoms with Crippen molar-refractivity contribution in [3.05, 3.63) is 11.6 Å². The summed E-state index contributed by atoms with van der Waals surface area (Å²) in [6.45, 7) is 11.6. The molecule has 10 aliphatic heterocycles. The second kappa shape index (κ2) is 41.5. The lowest BCUT2D eigenvalue weighted by molar-refractivity contribution is -0.404. The van der Waals surface area contributed by atoms with Crippen LogP contribution in [-0.4, -0.2) is 485 Å². The van der Waals surface area contributed by atoms with E-state index in [1.54, 1.807) is 6.92 Å². The molecule has 0 bridgehead atoms. The standard InChI is InChI=1S/C87H138O49/c1-28-42(94)49(101)55(107)73(120-28)134-68-65(130-79-66(132-75-57(109)51(103)46(98)36(22-89)124-75)48(100)38(26-119-79)126-71-53(105)43(95)33(92)24-117-71)61(113)78(135-69(68)70(114)115)127-41-13-14-83(6)39(84(41,7)27-91)12-15-86(9)40(83)11-10-31-32-20-82(4,5)16-18-87(32,19-17-85(31,86)8)81(116)136-77-60(112)64(63(30(3)121-77)129-72-54(106)44(96)34(93)25-118-72)131-80-67(133-76-58(110)52(104)47(99)37(23-90)125-76)59(111)62(29(2)122-80)128-74-56(108)50(102)45(97)35(21-88)123-74/h10,27-30,32-69,71-80,88-90,92-113H,11-26H2,1-9H3,(H,114,115)/t28-,29-,30+,32-,33-,34+,35+,36+,37+,38+,39+,40+,41-,42-,43-,44-,45+,46+,47+,48-,49+,50-,51-,52-,53+,54+,55+,56+,57+,58+,59+,60+,61+,62-,63-,64+,65+,66+,67+,68-,69-,71-,72-,73-,74-,75-,76-,77-,78+,79-,80-,83-,84+,85+,86+,87-/m0/s1. The minimum atomic E-state index is -2.35. The summed E-state index contributed by atoms with van der Waals surface area (Å²) in [5.41, 5.74) is -4.37. The molecule has 5 aliphatic carbocycles. The minimum absolute atomic E-state index is 0.0405. The Morgan fingerprint density at radius 2 is 0.816 bits per heavy atom. The molecule has 56 atom stereocenters. The fraction of sp³-hybridized carbons (Fsp3) is 0.943. The Kier molecular flexibility index (Phi) is 32.6. The molecule has 14 fully saturated rings. The number of fused-ring (bicyclic) bond motifs is 7. The van der Waals surface area contributed by atoms with Gasteiger partial charge in [-0.1, -0.05) is 53.2 Å². The minimum Gasteiger partial charge on any atom is -0.479 e. The molecular weight excluding hydrogens is 1830 g/mol. The predicted molar refractivity (Wildman–Crippen MR) is 437 cm³/mol. The molecule has 15 aliphatic rings. The van der Waals surface area contributed by atoms with Gasteiger partial charge in [-0.25, -0.2) is 4.79 Å². The maximum absolute atomic E-state index is 16.2. The number of aliphatic carboxylic acids is 1. The Hall–Kier alpha value is -3.41. The normalized spacial score (nSPS) is 55.0. The molecule has 0 radical (unpaired) electrons. The van der Waals surface area contributed by atoms with Gasteiger partial charge in [0.25, 0.3) is 0 Å². The van der Waals surface area contributed by atoms with Crippen molar-refractivity contribution in [2.75, 3.05) is 39.6 Å². The number of aliphatic hydroxyl groups is 25. The fourth-order valence-electron chi connectivity index (χ4n) is 24.2. The van der Waals surface area contributed by atoms with E-state index in [0.717, 1.165) is 11.9 Å². The molecule has 4 saturated carbocycles. The number of ether oxygens (including phenoxy) is 20. The monoisotopic (exact) mass is 1970 g/mol. The van der Waals surface area contributed by atoms with Crippen LogP contribution >= 0.6 is 0 Å². The van der Waals surface area contributed by atoms with Crippen molar-refractivity contribution < 1.29 is 242 Å². The SMILES string of the molecule is C[C@@H]1O[C@@H](O[C@H]2[C@H](O[C@@H]3OC[C@@H](O[C@@H]4OC[C@H](O)[C@H](O)[C@H]4O)[C@H](O)[C@H]3O[C@@H]3O[C@H](CO)[C@@H](O)[C@H](O)[C@H]3O)[C@@H](O)[C@H](O[C@H]3CC[C@]4(C)[C@H]5CC=C6[C@@H]7CC(C)(C)CC[C@]7(C(=O)O[C@@H]7O[C@H](C)[C@H](O[C@@H]8OC[C@@H](O)[C@H](O)[C@H]8O)[C@H](O[C@@H]8O[C@@H](C)[C@H](O[C@@H]9O[C@H](CO)[C@@H](O)[C@H](O)[C@H]9O)[C@@H](O)[C@H]8O[C@@H]8O[C@H](CO)[C@@H](O)[C@H](O)[C@H]8O)[C@H]7O)CC[C@@]6(C)[C@]5(C)CC[C@H]4[C@@]3(C)C=O)O[C@@H]2C(=O)O)[C@H](O)[C@H](O)[C@H]1O. The molecule has 26 N–H and O–H groups in total. The number of allylic oxidation sites excluding steroid dienone is 2. The first-order chi connectivity index (χ1) is 64.0. The molecule has 136 heavy (non-hydrogen) atoms. The Morgan fingerprint density at radius 1 is 0.382 bits per heavy atom. The summed E-state index contributed by atoms with van der Waals surface area (Å²) in [5.74, 6) is -3.95. The van der Waals surface area contributed by atoms with Crippen LogP contribution in [0.5, 0.6) is 0 Å². The van der Waals surface area contributed by atoms with Crippen LogP contribution < -0.4 is 0 Å². The Labute approximate surface area is 780 Å². The number of hydrogen-bond donors (Lipinski definition) is 26. The maximum Gasteiger partial charge on any atom is 0.335 e. The summed E-state index contributed by atoms with van der Waals surface area (Å²) >= 11 is 0. The topological polar surface area (TPSA) is 762 Å². The molecule has 0 aromatic heterocycles. The molecule has 10 heterocycles. The zero-order valence-corrected chi connectivity index (χ0v) is 76.4. The molecule has 0 spiro atoms. The smallest absolute Gasteiger partial charge is 0.335 e. The van der Waals surface area contributed by atoms with Crippen LogP contribution in [0.2, 0.25) is 0 Å². The molecule has 0 amide bonds. The van der Waals surface area contributed by atoms with Gasteiger partial charge in [0.15, 0.2) is 62.7 Å². The summed E-state index contributed by atoms with van der Waals surface area (Å²) < 4.78 is 122. The molecule has 10 saturated heterocycles. The molecule has 15 rings (SSSR count). The zero-order chi connectivity index (χ0) is 99.0. The van der Waals surface area contributed by atoms with Crippen LogP contribution in [0, 0.1) is 50.2 Å². The number of carboxylic acids is 1. The van der Waals surface area contributed by atoms with E-state index in [2.05, 4.69) is 40.7 Å². The van der Waals surface area contributed by atoms with Crippen molar-refractivity contribution in [3.8, 4) is 0 Å². The van der Waals surface area contributed by atoms with Gasteiger partial charge in [0, 0.05) is 0 Å². The summed E-state index contributed by atoms with van der Waals surface area (Å²) in [6.07, 6.45) is -85.7. The van der Waals surface area contributed by atoms with Crippen molar-refractivity contribution >= 4 is 18.2 Å². The first-order valence-corrected chi connectivity index (χ1v) is 46.7. The highest BCUT2D eigenvalue weighted by Crippen LogP contribution is 2.76. The summed E-state index contributed by atoms with van der Waals surface area (Å²) in [5, 5.41) is 289. The first-order valence-electron chi connectivity index (χ1n) is 46.7. The maximum atomic E-state index is 16.2. The van der Waals surface area contributed by atoms with E-state index < -0.39 is 391 Å². The number of aliphatic hydroxyl groups excluding tert-OH is 25. The molecule has 780 valence electrons. The molecule has 49 nitrogen and oxygen atoms in total. The second-order valence-corrected chi connectivity index (χ2v) is 41.4. The fourth-order valence-corrected chi connectivity index (χ4v) is 24.2. The first kappa shape index (κ1) is 107. The largest absolute Gasteiger partial charge is 0.479 e. The molecule has 0 unspecified atom stereocenters. The molecule has 49 heteroatoms. The van der Waals surface area contributed by atoms with Gasteiger partial charge < -0.3 is 232 Å². The van der Waals surface area contributed by atoms with Gasteiger partial charge in [-0.2, -0.15) is 0 Å². The summed E-state index contributed by atoms with van der Waals surface area (Å²) in [4.78, 5) is 44.7. The van der Waals surface area contributed by atoms with E-state index in [4.69, 9.17) is 94.7 Å². The van der Waals surface area contributed by atoms with E-state index >= 15 is 4.79 Å². The van der Waals surface area contributed by atoms with E-state index in [9.17, 15) is 142 Å². The van der Waals surface area contributed by atoms with Gasteiger partial charge in [0.1, 0.15) is 208 Å². The number of hydrogen-bond acceptors (Lipinski definition) is 48. The van der Waals surface area contributed by atoms with Crippen molar-refractivity contribution in [1.82, 2.24) is 0 Å². The van der Waals surface area contributed by atoms with Crippen molar-refractivity contribution in [1.29, 1.82) is 0 Å². The van der Waals surface area contributed by atoms with Crippen LogP contribution in [0.15, 0.2) is 11.6 Å². The van der Waals surface area contributed by atoms with Gasteiger partial charge in [0.2, 0.25) is 6.29 Å². The number of esters is 1. The second-order valence-electron chi connectivity index (χ2n) is 41.4. The van der Waals surface area contributed by atoms with Crippen molar-refractivity contribution in [2.45, 2.75) is 421 Å². The number of carbonyl (C=O) groups is 3. The molecular formula is C87H138O49. The summed E-state index contributed by atoms with van der Waals surface area (Å²) in [6, 6.07) is 0. The van der Waals surface area contributed by atoms with Crippen LogP contribution in [0.3, 0.4) is 0 Å². The Bertz CT molecular complexity index is 4050. The quantitative estimate of drug-likeness (QED) is 0.0175. The van der Waals surface area contributed by atoms with E-state index in [0.29, 0.717) is 44.9 Å². The van der Waals surface area contributed by atoms with E-state index in [-0.39, 0.29) is 25.2 Å². The van der Waals surface area contributed by atoms with Crippen LogP contribution in [0.25, 0.3) is 0 Å². The van der Waals surface area contributed by atoms with Crippen LogP contribution in [0.4, 0.5) is 0 Å². The molecule has 0 aromatic carbocycles. The highest BCUT2D eigenvalue weighted by Gasteiger charge is 2.72. The van der Waals surface area contributed by atoms with Crippen LogP contribution in [-0.2, 0) is 109 Å². The van der Waals surface area contributed by atoms with E-state index in [1.807, 2.05) is 0 Å². The number of aldehydes is 1. The lowest BCUT2D eigenvalue weighted by atomic mass is 9.33. The average Bonchev–Trinajstić information content (AvgIpc) is 0.671.